The Kier molecular flexibility index (Phi) is 7.75. The molecule has 118 valence electrons. The molecule has 0 fully saturated rings. The first kappa shape index (κ1) is 17.4. The van der Waals surface area contributed by atoms with E-state index in [-0.39, 0.29) is 18.3 Å². The quantitative estimate of drug-likeness (QED) is 0.734. The van der Waals surface area contributed by atoms with Gasteiger partial charge in [0.2, 0.25) is 5.91 Å². The molecule has 3 N–H and O–H groups in total. The molecular weight excluding hydrogens is 269 g/mol. The zero-order valence-electron chi connectivity index (χ0n) is 12.9. The number of rotatable bonds is 9. The summed E-state index contributed by atoms with van der Waals surface area (Å²) in [7, 11) is 0. The molecular formula is C16H26FN3O. The summed E-state index contributed by atoms with van der Waals surface area (Å²) in [6.45, 7) is 6.31. The van der Waals surface area contributed by atoms with Gasteiger partial charge in [-0.25, -0.2) is 4.39 Å². The molecule has 0 aliphatic rings. The van der Waals surface area contributed by atoms with E-state index in [1.165, 1.54) is 12.1 Å². The van der Waals surface area contributed by atoms with Gasteiger partial charge in [-0.1, -0.05) is 19.9 Å². The summed E-state index contributed by atoms with van der Waals surface area (Å²) in [5.41, 5.74) is 6.24. The summed E-state index contributed by atoms with van der Waals surface area (Å²) < 4.78 is 13.3. The van der Waals surface area contributed by atoms with Gasteiger partial charge in [0.05, 0.1) is 6.54 Å². The molecule has 0 unspecified atom stereocenters. The molecule has 0 bridgehead atoms. The Balaban J connectivity index is 2.59. The molecule has 1 rings (SSSR count). The third-order valence-corrected chi connectivity index (χ3v) is 3.18. The van der Waals surface area contributed by atoms with Crippen LogP contribution < -0.4 is 16.0 Å². The lowest BCUT2D eigenvalue weighted by Crippen LogP contribution is -2.39. The van der Waals surface area contributed by atoms with Gasteiger partial charge in [-0.05, 0) is 43.5 Å². The van der Waals surface area contributed by atoms with E-state index in [9.17, 15) is 9.18 Å². The van der Waals surface area contributed by atoms with Crippen molar-refractivity contribution in [2.24, 2.45) is 11.7 Å². The van der Waals surface area contributed by atoms with Crippen LogP contribution in [0.2, 0.25) is 0 Å². The number of nitrogens with one attached hydrogen (secondary N) is 1. The first-order valence-corrected chi connectivity index (χ1v) is 7.50. The zero-order valence-corrected chi connectivity index (χ0v) is 12.9. The van der Waals surface area contributed by atoms with E-state index >= 15 is 0 Å². The van der Waals surface area contributed by atoms with Crippen LogP contribution in [0.1, 0.15) is 26.7 Å². The molecule has 5 heteroatoms. The van der Waals surface area contributed by atoms with E-state index in [0.29, 0.717) is 31.2 Å². The number of carbonyl (C=O) groups is 1. The number of nitrogens with zero attached hydrogens (tertiary/aromatic N) is 1. The van der Waals surface area contributed by atoms with E-state index in [1.807, 2.05) is 4.90 Å². The van der Waals surface area contributed by atoms with Gasteiger partial charge in [0.15, 0.2) is 0 Å². The predicted octanol–water partition coefficient (Wildman–Crippen LogP) is 2.14. The van der Waals surface area contributed by atoms with E-state index in [2.05, 4.69) is 19.2 Å². The number of halogens is 1. The van der Waals surface area contributed by atoms with Crippen LogP contribution in [0.5, 0.6) is 0 Å². The van der Waals surface area contributed by atoms with Gasteiger partial charge in [-0.15, -0.1) is 0 Å². The molecule has 1 amide bonds. The van der Waals surface area contributed by atoms with E-state index in [1.54, 1.807) is 12.1 Å². The van der Waals surface area contributed by atoms with E-state index in [4.69, 9.17) is 5.73 Å². The third kappa shape index (κ3) is 7.09. The second-order valence-electron chi connectivity index (χ2n) is 5.58. The van der Waals surface area contributed by atoms with Crippen molar-refractivity contribution in [2.45, 2.75) is 26.7 Å². The molecule has 21 heavy (non-hydrogen) atoms. The monoisotopic (exact) mass is 295 g/mol. The van der Waals surface area contributed by atoms with Crippen molar-refractivity contribution < 1.29 is 9.18 Å². The minimum atomic E-state index is -0.300. The van der Waals surface area contributed by atoms with Crippen molar-refractivity contribution in [3.8, 4) is 0 Å². The number of amides is 1. The Hall–Kier alpha value is -1.62. The highest BCUT2D eigenvalue weighted by molar-refractivity contribution is 5.81. The maximum atomic E-state index is 13.3. The number of anilines is 1. The number of hydrogen-bond donors (Lipinski definition) is 2. The molecule has 0 atom stereocenters. The lowest BCUT2D eigenvalue weighted by molar-refractivity contribution is -0.119. The first-order valence-electron chi connectivity index (χ1n) is 7.50. The average molecular weight is 295 g/mol. The van der Waals surface area contributed by atoms with Crippen LogP contribution in [0.4, 0.5) is 10.1 Å². The van der Waals surface area contributed by atoms with Crippen molar-refractivity contribution in [3.05, 3.63) is 30.1 Å². The molecule has 0 heterocycles. The molecule has 1 aromatic rings. The molecule has 4 nitrogen and oxygen atoms in total. The van der Waals surface area contributed by atoms with Gasteiger partial charge >= 0.3 is 0 Å². The van der Waals surface area contributed by atoms with Crippen LogP contribution >= 0.6 is 0 Å². The topological polar surface area (TPSA) is 58.4 Å². The van der Waals surface area contributed by atoms with E-state index < -0.39 is 0 Å². The van der Waals surface area contributed by atoms with Crippen LogP contribution in [0, 0.1) is 11.7 Å². The highest BCUT2D eigenvalue weighted by atomic mass is 19.1. The van der Waals surface area contributed by atoms with Crippen molar-refractivity contribution in [3.63, 3.8) is 0 Å². The van der Waals surface area contributed by atoms with Crippen LogP contribution in [0.3, 0.4) is 0 Å². The fourth-order valence-electron chi connectivity index (χ4n) is 1.98. The summed E-state index contributed by atoms with van der Waals surface area (Å²) in [6, 6.07) is 6.29. The summed E-state index contributed by atoms with van der Waals surface area (Å²) in [5.74, 6) is 0.212. The Morgan fingerprint density at radius 2 is 2.19 bits per heavy atom. The van der Waals surface area contributed by atoms with Crippen molar-refractivity contribution in [1.29, 1.82) is 0 Å². The van der Waals surface area contributed by atoms with Gasteiger partial charge < -0.3 is 16.0 Å². The smallest absolute Gasteiger partial charge is 0.239 e. The maximum absolute atomic E-state index is 13.3. The van der Waals surface area contributed by atoms with Crippen LogP contribution in [0.25, 0.3) is 0 Å². The minimum absolute atomic E-state index is 0.0445. The Bertz CT molecular complexity index is 437. The normalized spacial score (nSPS) is 10.7. The summed E-state index contributed by atoms with van der Waals surface area (Å²) in [4.78, 5) is 13.8. The Labute approximate surface area is 126 Å². The van der Waals surface area contributed by atoms with Crippen LogP contribution in [0.15, 0.2) is 24.3 Å². The summed E-state index contributed by atoms with van der Waals surface area (Å²) in [6.07, 6.45) is 1.71. The molecule has 0 saturated carbocycles. The second-order valence-corrected chi connectivity index (χ2v) is 5.58. The average Bonchev–Trinajstić information content (AvgIpc) is 2.43. The van der Waals surface area contributed by atoms with Crippen LogP contribution in [-0.2, 0) is 4.79 Å². The Morgan fingerprint density at radius 3 is 2.81 bits per heavy atom. The molecule has 1 aromatic carbocycles. The first-order chi connectivity index (χ1) is 10.0. The lowest BCUT2D eigenvalue weighted by Gasteiger charge is -2.24. The second kappa shape index (κ2) is 9.34. The standard InChI is InChI=1S/C16H26FN3O/c1-13(2)7-9-19-16(21)12-20(10-4-8-18)15-6-3-5-14(17)11-15/h3,5-6,11,13H,4,7-10,12,18H2,1-2H3,(H,19,21). The zero-order chi connectivity index (χ0) is 15.7. The van der Waals surface area contributed by atoms with Gasteiger partial charge in [-0.3, -0.25) is 4.79 Å². The van der Waals surface area contributed by atoms with E-state index in [0.717, 1.165) is 12.8 Å². The number of hydrogen-bond acceptors (Lipinski definition) is 3. The van der Waals surface area contributed by atoms with Crippen molar-refractivity contribution >= 4 is 11.6 Å². The summed E-state index contributed by atoms with van der Waals surface area (Å²) >= 11 is 0. The largest absolute Gasteiger partial charge is 0.362 e. The SMILES string of the molecule is CC(C)CCNC(=O)CN(CCCN)c1cccc(F)c1. The van der Waals surface area contributed by atoms with Gasteiger partial charge in [0.1, 0.15) is 5.82 Å². The van der Waals surface area contributed by atoms with Crippen LogP contribution in [-0.4, -0.2) is 32.1 Å². The molecule has 0 spiro atoms. The number of nitrogens with two attached hydrogens (primary N) is 1. The highest BCUT2D eigenvalue weighted by Crippen LogP contribution is 2.15. The van der Waals surface area contributed by atoms with Crippen molar-refractivity contribution in [2.75, 3.05) is 31.1 Å². The van der Waals surface area contributed by atoms with Gasteiger partial charge in [0, 0.05) is 18.8 Å². The fraction of sp³-hybridized carbons (Fsp3) is 0.562. The predicted molar refractivity (Wildman–Crippen MR) is 84.7 cm³/mol. The fourth-order valence-corrected chi connectivity index (χ4v) is 1.98. The minimum Gasteiger partial charge on any atom is -0.362 e. The molecule has 0 aliphatic heterocycles. The molecule has 0 aromatic heterocycles. The van der Waals surface area contributed by atoms with Gasteiger partial charge in [-0.2, -0.15) is 0 Å². The highest BCUT2D eigenvalue weighted by Gasteiger charge is 2.11. The molecule has 0 radical (unpaired) electrons. The molecule has 0 saturated heterocycles. The summed E-state index contributed by atoms with van der Waals surface area (Å²) in [5, 5.41) is 2.90. The number of carbonyl (C=O) groups excluding carboxylic acids is 1. The third-order valence-electron chi connectivity index (χ3n) is 3.18. The molecule has 0 aliphatic carbocycles. The number of benzene rings is 1. The lowest BCUT2D eigenvalue weighted by atomic mass is 10.1. The Morgan fingerprint density at radius 1 is 1.43 bits per heavy atom. The van der Waals surface area contributed by atoms with Gasteiger partial charge in [0.25, 0.3) is 0 Å². The maximum Gasteiger partial charge on any atom is 0.239 e. The van der Waals surface area contributed by atoms with Crippen molar-refractivity contribution in [1.82, 2.24) is 5.32 Å².